The molecule has 1 aromatic rings. The van der Waals surface area contributed by atoms with Crippen molar-refractivity contribution in [3.05, 3.63) is 31.2 Å². The van der Waals surface area contributed by atoms with Crippen LogP contribution in [0.1, 0.15) is 49.7 Å². The van der Waals surface area contributed by atoms with Crippen LogP contribution in [0.15, 0.2) is 0 Å². The van der Waals surface area contributed by atoms with Crippen molar-refractivity contribution in [2.45, 2.75) is 49.7 Å². The molecule has 5 heteroatoms. The quantitative estimate of drug-likeness (QED) is 0.330. The van der Waals surface area contributed by atoms with Crippen molar-refractivity contribution in [1.82, 2.24) is 0 Å². The number of hydrogen-bond donors (Lipinski definition) is 0. The summed E-state index contributed by atoms with van der Waals surface area (Å²) in [6.45, 7) is 4.27. The fraction of sp³-hybridized carbons (Fsp3) is 0.571. The Bertz CT molecular complexity index is 580. The third-order valence-electron chi connectivity index (χ3n) is 5.14. The molecule has 1 spiro atoms. The zero-order chi connectivity index (χ0) is 13.7. The summed E-state index contributed by atoms with van der Waals surface area (Å²) in [4.78, 5) is 0. The minimum absolute atomic E-state index is 0.122. The number of halogens is 4. The van der Waals surface area contributed by atoms with Crippen LogP contribution in [0.2, 0.25) is 20.1 Å². The van der Waals surface area contributed by atoms with Gasteiger partial charge in [-0.1, -0.05) is 46.4 Å². The van der Waals surface area contributed by atoms with E-state index in [2.05, 4.69) is 13.8 Å². The highest BCUT2D eigenvalue weighted by Gasteiger charge is 2.77. The number of hydrogen-bond acceptors (Lipinski definition) is 1. The topological polar surface area (TPSA) is 12.5 Å². The van der Waals surface area contributed by atoms with Crippen molar-refractivity contribution in [1.29, 1.82) is 0 Å². The number of fused-ring (bicyclic) bond motifs is 3. The molecule has 1 aromatic carbocycles. The second kappa shape index (κ2) is 3.56. The van der Waals surface area contributed by atoms with Crippen LogP contribution in [-0.2, 0) is 4.74 Å². The van der Waals surface area contributed by atoms with E-state index in [-0.39, 0.29) is 11.2 Å². The van der Waals surface area contributed by atoms with E-state index in [1.807, 2.05) is 0 Å². The van der Waals surface area contributed by atoms with E-state index in [1.165, 1.54) is 0 Å². The van der Waals surface area contributed by atoms with Crippen molar-refractivity contribution in [2.75, 3.05) is 0 Å². The Balaban J connectivity index is 2.02. The van der Waals surface area contributed by atoms with Gasteiger partial charge >= 0.3 is 0 Å². The van der Waals surface area contributed by atoms with Gasteiger partial charge in [0.1, 0.15) is 5.60 Å². The second-order valence-electron chi connectivity index (χ2n) is 6.17. The third kappa shape index (κ3) is 1.26. The molecule has 2 fully saturated rings. The summed E-state index contributed by atoms with van der Waals surface area (Å²) in [5.74, 6) is 0.588. The molecule has 1 nitrogen and oxygen atoms in total. The van der Waals surface area contributed by atoms with Crippen LogP contribution in [0.3, 0.4) is 0 Å². The Labute approximate surface area is 132 Å². The zero-order valence-electron chi connectivity index (χ0n) is 10.5. The average molecular weight is 338 g/mol. The Kier molecular flexibility index (Phi) is 2.44. The Hall–Kier alpha value is 0.340. The zero-order valence-corrected chi connectivity index (χ0v) is 13.5. The Morgan fingerprint density at radius 3 is 1.53 bits per heavy atom. The van der Waals surface area contributed by atoms with E-state index >= 15 is 0 Å². The van der Waals surface area contributed by atoms with E-state index < -0.39 is 0 Å². The standard InChI is InChI=1S/C14H12Cl4O/c1-13(2)14(19-13)5-3-4-6(14)8-7(5)9(15)11(17)12(18)10(8)16/h5-6H,3-4H2,1-2H3. The maximum atomic E-state index is 6.43. The van der Waals surface area contributed by atoms with Crippen LogP contribution in [0.25, 0.3) is 0 Å². The predicted octanol–water partition coefficient (Wildman–Crippen LogP) is 5.82. The molecule has 4 rings (SSSR count). The van der Waals surface area contributed by atoms with Gasteiger partial charge in [-0.25, -0.2) is 0 Å². The molecule has 1 saturated heterocycles. The molecular weight excluding hydrogens is 326 g/mol. The molecule has 3 aliphatic rings. The number of epoxide rings is 1. The molecule has 0 N–H and O–H groups in total. The van der Waals surface area contributed by atoms with Gasteiger partial charge in [-0.15, -0.1) is 0 Å². The van der Waals surface area contributed by atoms with Gasteiger partial charge in [0.2, 0.25) is 0 Å². The summed E-state index contributed by atoms with van der Waals surface area (Å²) >= 11 is 25.3. The van der Waals surface area contributed by atoms with Gasteiger partial charge in [0.25, 0.3) is 0 Å². The van der Waals surface area contributed by atoms with Crippen LogP contribution in [0.4, 0.5) is 0 Å². The first-order valence-electron chi connectivity index (χ1n) is 6.39. The van der Waals surface area contributed by atoms with Crippen LogP contribution in [-0.4, -0.2) is 11.2 Å². The first-order chi connectivity index (χ1) is 8.83. The van der Waals surface area contributed by atoms with Gasteiger partial charge < -0.3 is 4.74 Å². The molecule has 2 aliphatic carbocycles. The lowest BCUT2D eigenvalue weighted by molar-refractivity contribution is 0.260. The molecule has 102 valence electrons. The van der Waals surface area contributed by atoms with Crippen LogP contribution in [0.5, 0.6) is 0 Å². The molecule has 0 aromatic heterocycles. The number of ether oxygens (including phenoxy) is 1. The van der Waals surface area contributed by atoms with Gasteiger partial charge in [-0.3, -0.25) is 0 Å². The van der Waals surface area contributed by atoms with Crippen molar-refractivity contribution in [2.24, 2.45) is 0 Å². The van der Waals surface area contributed by atoms with Gasteiger partial charge in [-0.05, 0) is 37.8 Å². The van der Waals surface area contributed by atoms with Crippen molar-refractivity contribution in [3.8, 4) is 0 Å². The second-order valence-corrected chi connectivity index (χ2v) is 7.68. The lowest BCUT2D eigenvalue weighted by Crippen LogP contribution is -2.23. The third-order valence-corrected chi connectivity index (χ3v) is 6.97. The van der Waals surface area contributed by atoms with E-state index in [4.69, 9.17) is 51.1 Å². The van der Waals surface area contributed by atoms with Crippen LogP contribution in [0, 0.1) is 0 Å². The Morgan fingerprint density at radius 1 is 0.842 bits per heavy atom. The van der Waals surface area contributed by atoms with Crippen molar-refractivity contribution >= 4 is 46.4 Å². The van der Waals surface area contributed by atoms with E-state index in [1.54, 1.807) is 0 Å². The van der Waals surface area contributed by atoms with Crippen LogP contribution < -0.4 is 0 Å². The highest BCUT2D eigenvalue weighted by molar-refractivity contribution is 6.52. The molecule has 0 radical (unpaired) electrons. The maximum absolute atomic E-state index is 6.43. The van der Waals surface area contributed by atoms with E-state index in [0.29, 0.717) is 31.9 Å². The average Bonchev–Trinajstić information content (AvgIpc) is 2.67. The van der Waals surface area contributed by atoms with Gasteiger partial charge in [-0.2, -0.15) is 0 Å². The summed E-state index contributed by atoms with van der Waals surface area (Å²) < 4.78 is 6.11. The molecule has 2 bridgehead atoms. The lowest BCUT2D eigenvalue weighted by atomic mass is 9.84. The smallest absolute Gasteiger partial charge is 0.111 e. The monoisotopic (exact) mass is 336 g/mol. The fourth-order valence-electron chi connectivity index (χ4n) is 4.45. The number of benzene rings is 1. The fourth-order valence-corrected chi connectivity index (χ4v) is 5.59. The lowest BCUT2D eigenvalue weighted by Gasteiger charge is -2.19. The summed E-state index contributed by atoms with van der Waals surface area (Å²) in [7, 11) is 0. The van der Waals surface area contributed by atoms with Crippen molar-refractivity contribution < 1.29 is 4.74 Å². The molecule has 2 atom stereocenters. The van der Waals surface area contributed by atoms with Gasteiger partial charge in [0.05, 0.1) is 25.7 Å². The normalized spacial score (nSPS) is 36.9. The minimum atomic E-state index is -0.142. The Morgan fingerprint density at radius 2 is 1.21 bits per heavy atom. The highest BCUT2D eigenvalue weighted by Crippen LogP contribution is 2.76. The molecule has 0 amide bonds. The molecular formula is C14H12Cl4O. The number of rotatable bonds is 0. The SMILES string of the molecule is CC1(C)OC12C1CCC2c2c(Cl)c(Cl)c(Cl)c(Cl)c21. The van der Waals surface area contributed by atoms with Crippen LogP contribution >= 0.6 is 46.4 Å². The minimum Gasteiger partial charge on any atom is -0.362 e. The van der Waals surface area contributed by atoms with E-state index in [0.717, 1.165) is 24.0 Å². The summed E-state index contributed by atoms with van der Waals surface area (Å²) in [5, 5.41) is 1.86. The van der Waals surface area contributed by atoms with E-state index in [9.17, 15) is 0 Å². The summed E-state index contributed by atoms with van der Waals surface area (Å²) in [5.41, 5.74) is 1.88. The molecule has 1 saturated carbocycles. The highest BCUT2D eigenvalue weighted by atomic mass is 35.5. The maximum Gasteiger partial charge on any atom is 0.111 e. The van der Waals surface area contributed by atoms with Crippen molar-refractivity contribution in [3.63, 3.8) is 0 Å². The summed E-state index contributed by atoms with van der Waals surface area (Å²) in [6, 6.07) is 0. The molecule has 2 unspecified atom stereocenters. The molecule has 1 aliphatic heterocycles. The summed E-state index contributed by atoms with van der Waals surface area (Å²) in [6.07, 6.45) is 2.16. The van der Waals surface area contributed by atoms with Gasteiger partial charge in [0.15, 0.2) is 0 Å². The predicted molar refractivity (Wildman–Crippen MR) is 79.1 cm³/mol. The first kappa shape index (κ1) is 13.0. The molecule has 19 heavy (non-hydrogen) atoms. The molecule has 1 heterocycles. The first-order valence-corrected chi connectivity index (χ1v) is 7.90. The van der Waals surface area contributed by atoms with Gasteiger partial charge in [0, 0.05) is 11.8 Å². The largest absolute Gasteiger partial charge is 0.362 e.